The number of rotatable bonds is 7. The van der Waals surface area contributed by atoms with Gasteiger partial charge in [0.05, 0.1) is 0 Å². The Morgan fingerprint density at radius 1 is 0.583 bits per heavy atom. The van der Waals surface area contributed by atoms with Crippen molar-refractivity contribution in [2.75, 3.05) is 0 Å². The highest BCUT2D eigenvalue weighted by molar-refractivity contribution is 5.08. The van der Waals surface area contributed by atoms with Crippen molar-refractivity contribution in [3.8, 4) is 0 Å². The molecule has 0 aliphatic rings. The largest absolute Gasteiger partial charge is 0.0625 e. The molecule has 0 aromatic rings. The molecule has 0 aromatic heterocycles. The molecule has 0 spiro atoms. The Labute approximate surface area is 155 Å². The zero-order chi connectivity index (χ0) is 19.6. The van der Waals surface area contributed by atoms with Crippen LogP contribution in [0.15, 0.2) is 0 Å². The molecule has 0 N–H and O–H groups in total. The van der Waals surface area contributed by atoms with Crippen LogP contribution in [0.4, 0.5) is 0 Å². The van der Waals surface area contributed by atoms with Gasteiger partial charge >= 0.3 is 0 Å². The quantitative estimate of drug-likeness (QED) is 0.436. The molecule has 0 heterocycles. The van der Waals surface area contributed by atoms with Crippen LogP contribution in [0.2, 0.25) is 0 Å². The summed E-state index contributed by atoms with van der Waals surface area (Å²) in [6.07, 6.45) is 5.27. The molecule has 0 aliphatic carbocycles. The second-order valence-corrected chi connectivity index (χ2v) is 12.5. The highest BCUT2D eigenvalue weighted by Gasteiger charge is 2.46. The van der Waals surface area contributed by atoms with Gasteiger partial charge in [0.15, 0.2) is 0 Å². The lowest BCUT2D eigenvalue weighted by Gasteiger charge is -2.52. The van der Waals surface area contributed by atoms with Gasteiger partial charge in [-0.2, -0.15) is 0 Å². The van der Waals surface area contributed by atoms with E-state index in [1.165, 1.54) is 25.7 Å². The topological polar surface area (TPSA) is 0 Å². The second kappa shape index (κ2) is 8.13. The minimum Gasteiger partial charge on any atom is -0.0625 e. The van der Waals surface area contributed by atoms with Crippen molar-refractivity contribution in [2.45, 2.75) is 116 Å². The van der Waals surface area contributed by atoms with Gasteiger partial charge in [-0.25, -0.2) is 0 Å². The minimum atomic E-state index is 0.310. The SMILES string of the molecule is C[C](C)C(CC(C)CC(C)(C)C)(CC(C)CC(C)(C)C)C(C)(C)C. The Bertz CT molecular complexity index is 329. The van der Waals surface area contributed by atoms with Crippen LogP contribution in [-0.2, 0) is 0 Å². The van der Waals surface area contributed by atoms with E-state index in [0.717, 1.165) is 11.8 Å². The fourth-order valence-electron chi connectivity index (χ4n) is 5.28. The van der Waals surface area contributed by atoms with Crippen LogP contribution >= 0.6 is 0 Å². The van der Waals surface area contributed by atoms with Crippen LogP contribution in [-0.4, -0.2) is 0 Å². The first-order chi connectivity index (χ1) is 10.4. The fourth-order valence-corrected chi connectivity index (χ4v) is 5.28. The molecule has 2 unspecified atom stereocenters. The Balaban J connectivity index is 5.51. The maximum atomic E-state index is 2.48. The molecule has 0 bridgehead atoms. The highest BCUT2D eigenvalue weighted by Crippen LogP contribution is 2.55. The van der Waals surface area contributed by atoms with E-state index in [0.29, 0.717) is 21.7 Å². The molecule has 0 saturated carbocycles. The summed E-state index contributed by atoms with van der Waals surface area (Å²) >= 11 is 0. The molecular weight excluding hydrogens is 288 g/mol. The average Bonchev–Trinajstić information content (AvgIpc) is 2.19. The molecule has 24 heavy (non-hydrogen) atoms. The van der Waals surface area contributed by atoms with Gasteiger partial charge in [-0.05, 0) is 65.1 Å². The summed E-state index contributed by atoms with van der Waals surface area (Å²) in [6.45, 7) is 31.4. The van der Waals surface area contributed by atoms with E-state index in [-0.39, 0.29) is 0 Å². The molecule has 0 rings (SSSR count). The van der Waals surface area contributed by atoms with Gasteiger partial charge < -0.3 is 0 Å². The van der Waals surface area contributed by atoms with E-state index in [4.69, 9.17) is 0 Å². The molecule has 0 nitrogen and oxygen atoms in total. The standard InChI is InChI=1S/C24H49/c1-18(2)24(23(11,12)13,16-19(3)14-21(5,6)7)17-20(4)15-22(8,9)10/h19-20H,14-17H2,1-13H3. The molecule has 0 fully saturated rings. The third-order valence-electron chi connectivity index (χ3n) is 5.71. The Hall–Kier alpha value is 0. The summed E-state index contributed by atoms with van der Waals surface area (Å²) in [5.41, 5.74) is 1.48. The Kier molecular flexibility index (Phi) is 8.13. The van der Waals surface area contributed by atoms with Crippen molar-refractivity contribution in [1.29, 1.82) is 0 Å². The Morgan fingerprint density at radius 3 is 1.04 bits per heavy atom. The van der Waals surface area contributed by atoms with Gasteiger partial charge in [0.25, 0.3) is 0 Å². The smallest absolute Gasteiger partial charge is 0.0187 e. The summed E-state index contributed by atoms with van der Waals surface area (Å²) in [7, 11) is 0. The molecule has 0 heteroatoms. The Morgan fingerprint density at radius 2 is 0.875 bits per heavy atom. The third kappa shape index (κ3) is 7.92. The van der Waals surface area contributed by atoms with Crippen LogP contribution < -0.4 is 0 Å². The molecular formula is C24H49. The van der Waals surface area contributed by atoms with Crippen LogP contribution in [0.25, 0.3) is 0 Å². The first-order valence-corrected chi connectivity index (χ1v) is 10.2. The normalized spacial score (nSPS) is 19.2. The molecule has 2 atom stereocenters. The van der Waals surface area contributed by atoms with Crippen molar-refractivity contribution in [2.24, 2.45) is 33.5 Å². The highest BCUT2D eigenvalue weighted by atomic mass is 14.5. The zero-order valence-corrected chi connectivity index (χ0v) is 19.5. The number of hydrogen-bond donors (Lipinski definition) is 0. The summed E-state index contributed by atoms with van der Waals surface area (Å²) < 4.78 is 0. The van der Waals surface area contributed by atoms with Crippen molar-refractivity contribution in [3.63, 3.8) is 0 Å². The van der Waals surface area contributed by atoms with Crippen LogP contribution in [0.1, 0.15) is 116 Å². The molecule has 1 radical (unpaired) electrons. The molecule has 0 saturated heterocycles. The summed E-state index contributed by atoms with van der Waals surface area (Å²) in [5.74, 6) is 3.17. The monoisotopic (exact) mass is 337 g/mol. The molecule has 0 aromatic carbocycles. The summed E-state index contributed by atoms with van der Waals surface area (Å²) in [5, 5.41) is 0. The lowest BCUT2D eigenvalue weighted by Crippen LogP contribution is -2.43. The molecule has 145 valence electrons. The van der Waals surface area contributed by atoms with E-state index < -0.39 is 0 Å². The lowest BCUT2D eigenvalue weighted by atomic mass is 9.53. The lowest BCUT2D eigenvalue weighted by molar-refractivity contribution is 0.0328. The summed E-state index contributed by atoms with van der Waals surface area (Å²) in [4.78, 5) is 0. The van der Waals surface area contributed by atoms with Gasteiger partial charge in [-0.1, -0.05) is 90.0 Å². The van der Waals surface area contributed by atoms with E-state index in [1.807, 2.05) is 0 Å². The third-order valence-corrected chi connectivity index (χ3v) is 5.71. The van der Waals surface area contributed by atoms with Gasteiger partial charge in [0, 0.05) is 0 Å². The van der Waals surface area contributed by atoms with Crippen LogP contribution in [0.5, 0.6) is 0 Å². The minimum absolute atomic E-state index is 0.310. The van der Waals surface area contributed by atoms with Crippen LogP contribution in [0, 0.1) is 39.4 Å². The summed E-state index contributed by atoms with van der Waals surface area (Å²) in [6, 6.07) is 0. The van der Waals surface area contributed by atoms with Gasteiger partial charge in [0.2, 0.25) is 0 Å². The maximum absolute atomic E-state index is 2.48. The van der Waals surface area contributed by atoms with Crippen LogP contribution in [0.3, 0.4) is 0 Å². The first kappa shape index (κ1) is 24.0. The zero-order valence-electron chi connectivity index (χ0n) is 19.5. The van der Waals surface area contributed by atoms with E-state index in [1.54, 1.807) is 5.92 Å². The van der Waals surface area contributed by atoms with Gasteiger partial charge in [-0.15, -0.1) is 0 Å². The predicted molar refractivity (Wildman–Crippen MR) is 112 cm³/mol. The maximum Gasteiger partial charge on any atom is -0.0187 e. The fraction of sp³-hybridized carbons (Fsp3) is 0.958. The first-order valence-electron chi connectivity index (χ1n) is 10.2. The van der Waals surface area contributed by atoms with Crippen molar-refractivity contribution < 1.29 is 0 Å². The predicted octanol–water partition coefficient (Wildman–Crippen LogP) is 8.56. The van der Waals surface area contributed by atoms with Crippen molar-refractivity contribution in [3.05, 3.63) is 5.92 Å². The molecule has 0 amide bonds. The van der Waals surface area contributed by atoms with E-state index in [9.17, 15) is 0 Å². The number of hydrogen-bond acceptors (Lipinski definition) is 0. The van der Waals surface area contributed by atoms with E-state index in [2.05, 4.69) is 90.0 Å². The van der Waals surface area contributed by atoms with E-state index >= 15 is 0 Å². The van der Waals surface area contributed by atoms with Crippen molar-refractivity contribution >= 4 is 0 Å². The molecule has 0 aliphatic heterocycles. The van der Waals surface area contributed by atoms with Gasteiger partial charge in [0.1, 0.15) is 0 Å². The average molecular weight is 338 g/mol. The second-order valence-electron chi connectivity index (χ2n) is 12.5. The van der Waals surface area contributed by atoms with Crippen molar-refractivity contribution in [1.82, 2.24) is 0 Å². The van der Waals surface area contributed by atoms with Gasteiger partial charge in [-0.3, -0.25) is 0 Å².